The van der Waals surface area contributed by atoms with Crippen LogP contribution in [0.15, 0.2) is 36.4 Å². The molecule has 0 aliphatic carbocycles. The molecule has 2 aromatic rings. The van der Waals surface area contributed by atoms with E-state index in [0.29, 0.717) is 16.6 Å². The van der Waals surface area contributed by atoms with E-state index < -0.39 is 0 Å². The Morgan fingerprint density at radius 3 is 2.80 bits per heavy atom. The molecule has 0 amide bonds. The summed E-state index contributed by atoms with van der Waals surface area (Å²) in [4.78, 5) is 15.4. The third kappa shape index (κ3) is 4.19. The average molecular weight is 375 g/mol. The second-order valence-corrected chi connectivity index (χ2v) is 7.77. The number of rotatable bonds is 3. The molecule has 0 spiro atoms. The van der Waals surface area contributed by atoms with Gasteiger partial charge in [-0.2, -0.15) is 0 Å². The number of hydrogen-bond donors (Lipinski definition) is 1. The van der Waals surface area contributed by atoms with Crippen LogP contribution in [-0.4, -0.2) is 36.2 Å². The predicted octanol–water partition coefficient (Wildman–Crippen LogP) is 4.63. The van der Waals surface area contributed by atoms with E-state index in [4.69, 9.17) is 17.0 Å². The number of piperidine rings is 1. The number of carbonyl (C=O) groups is 1. The fourth-order valence-corrected chi connectivity index (χ4v) is 4.42. The summed E-state index contributed by atoms with van der Waals surface area (Å²) in [5, 5.41) is 4.70. The van der Waals surface area contributed by atoms with Gasteiger partial charge in [-0.25, -0.2) is 4.79 Å². The number of methoxy groups -OCH3 is 1. The lowest BCUT2D eigenvalue weighted by molar-refractivity contribution is 0.0602. The number of esters is 1. The Hall–Kier alpha value is -1.92. The lowest BCUT2D eigenvalue weighted by Gasteiger charge is -2.32. The maximum Gasteiger partial charge on any atom is 0.340 e. The van der Waals surface area contributed by atoms with Crippen molar-refractivity contribution in [3.8, 4) is 10.4 Å². The molecule has 1 fully saturated rings. The number of nitrogens with zero attached hydrogens (tertiary/aromatic N) is 1. The molecule has 1 saturated heterocycles. The SMILES string of the molecule is COC(=O)c1cc(-c2ccccc2)sc1NC(=S)N1CCC[C@H](C)C1. The van der Waals surface area contributed by atoms with Crippen LogP contribution >= 0.6 is 23.6 Å². The predicted molar refractivity (Wildman–Crippen MR) is 107 cm³/mol. The zero-order valence-electron chi connectivity index (χ0n) is 14.5. The molecule has 4 nitrogen and oxygen atoms in total. The van der Waals surface area contributed by atoms with Gasteiger partial charge in [0.25, 0.3) is 0 Å². The van der Waals surface area contributed by atoms with E-state index in [1.54, 1.807) is 0 Å². The van der Waals surface area contributed by atoms with Gasteiger partial charge in [-0.05, 0) is 42.6 Å². The van der Waals surface area contributed by atoms with Crippen molar-refractivity contribution < 1.29 is 9.53 Å². The number of hydrogen-bond acceptors (Lipinski definition) is 4. The van der Waals surface area contributed by atoms with Crippen LogP contribution in [0.3, 0.4) is 0 Å². The number of likely N-dealkylation sites (tertiary alicyclic amines) is 1. The number of nitrogens with one attached hydrogen (secondary N) is 1. The smallest absolute Gasteiger partial charge is 0.340 e. The minimum Gasteiger partial charge on any atom is -0.465 e. The van der Waals surface area contributed by atoms with Crippen LogP contribution in [0.25, 0.3) is 10.4 Å². The van der Waals surface area contributed by atoms with E-state index in [9.17, 15) is 4.79 Å². The summed E-state index contributed by atoms with van der Waals surface area (Å²) in [6.07, 6.45) is 2.39. The highest BCUT2D eigenvalue weighted by atomic mass is 32.1. The fourth-order valence-electron chi connectivity index (χ4n) is 3.04. The van der Waals surface area contributed by atoms with Crippen molar-refractivity contribution in [2.75, 3.05) is 25.5 Å². The molecule has 0 radical (unpaired) electrons. The Morgan fingerprint density at radius 2 is 2.12 bits per heavy atom. The van der Waals surface area contributed by atoms with E-state index in [2.05, 4.69) is 17.1 Å². The molecule has 132 valence electrons. The van der Waals surface area contributed by atoms with Gasteiger partial charge in [0.1, 0.15) is 5.00 Å². The highest BCUT2D eigenvalue weighted by Gasteiger charge is 2.22. The molecule has 6 heteroatoms. The van der Waals surface area contributed by atoms with Gasteiger partial charge in [0.2, 0.25) is 0 Å². The van der Waals surface area contributed by atoms with Gasteiger partial charge >= 0.3 is 5.97 Å². The first kappa shape index (κ1) is 17.9. The number of anilines is 1. The molecule has 0 unspecified atom stereocenters. The maximum atomic E-state index is 12.2. The average Bonchev–Trinajstić information content (AvgIpc) is 3.05. The van der Waals surface area contributed by atoms with Gasteiger partial charge in [0.05, 0.1) is 12.7 Å². The van der Waals surface area contributed by atoms with Gasteiger partial charge in [-0.3, -0.25) is 0 Å². The van der Waals surface area contributed by atoms with Crippen LogP contribution in [0.5, 0.6) is 0 Å². The molecule has 2 heterocycles. The normalized spacial score (nSPS) is 17.2. The van der Waals surface area contributed by atoms with E-state index in [1.807, 2.05) is 36.4 Å². The van der Waals surface area contributed by atoms with Gasteiger partial charge in [0, 0.05) is 18.0 Å². The number of thiophene rings is 1. The molecule has 1 N–H and O–H groups in total. The van der Waals surface area contributed by atoms with Crippen LogP contribution in [-0.2, 0) is 4.74 Å². The van der Waals surface area contributed by atoms with Crippen molar-refractivity contribution in [1.82, 2.24) is 4.90 Å². The molecular weight excluding hydrogens is 352 g/mol. The Kier molecular flexibility index (Phi) is 5.71. The number of benzene rings is 1. The molecule has 0 bridgehead atoms. The highest BCUT2D eigenvalue weighted by Crippen LogP contribution is 2.36. The van der Waals surface area contributed by atoms with Crippen molar-refractivity contribution in [1.29, 1.82) is 0 Å². The van der Waals surface area contributed by atoms with Crippen molar-refractivity contribution in [2.45, 2.75) is 19.8 Å². The first-order valence-corrected chi connectivity index (χ1v) is 9.64. The highest BCUT2D eigenvalue weighted by molar-refractivity contribution is 7.80. The van der Waals surface area contributed by atoms with Crippen LogP contribution in [0.1, 0.15) is 30.1 Å². The zero-order chi connectivity index (χ0) is 17.8. The first-order valence-electron chi connectivity index (χ1n) is 8.42. The molecule has 1 aliphatic heterocycles. The molecule has 0 saturated carbocycles. The third-order valence-electron chi connectivity index (χ3n) is 4.36. The summed E-state index contributed by atoms with van der Waals surface area (Å²) in [5.41, 5.74) is 1.60. The van der Waals surface area contributed by atoms with Gasteiger partial charge in [-0.15, -0.1) is 11.3 Å². The molecular formula is C19H22N2O2S2. The molecule has 1 aliphatic rings. The molecule has 3 rings (SSSR count). The lowest BCUT2D eigenvalue weighted by atomic mass is 10.0. The lowest BCUT2D eigenvalue weighted by Crippen LogP contribution is -2.41. The van der Waals surface area contributed by atoms with Crippen LogP contribution in [0, 0.1) is 5.92 Å². The quantitative estimate of drug-likeness (QED) is 0.627. The fraction of sp³-hybridized carbons (Fsp3) is 0.368. The molecule has 1 atom stereocenters. The summed E-state index contributed by atoms with van der Waals surface area (Å²) < 4.78 is 4.94. The second kappa shape index (κ2) is 7.97. The Morgan fingerprint density at radius 1 is 1.36 bits per heavy atom. The summed E-state index contributed by atoms with van der Waals surface area (Å²) in [6.45, 7) is 4.16. The van der Waals surface area contributed by atoms with Gasteiger partial charge in [-0.1, -0.05) is 37.3 Å². The number of carbonyl (C=O) groups excluding carboxylic acids is 1. The Labute approximate surface area is 157 Å². The summed E-state index contributed by atoms with van der Waals surface area (Å²) in [5.74, 6) is 0.285. The van der Waals surface area contributed by atoms with Crippen molar-refractivity contribution in [2.24, 2.45) is 5.92 Å². The minimum atomic E-state index is -0.351. The van der Waals surface area contributed by atoms with Gasteiger partial charge in [0.15, 0.2) is 5.11 Å². The van der Waals surface area contributed by atoms with Crippen molar-refractivity contribution >= 4 is 39.6 Å². The van der Waals surface area contributed by atoms with E-state index in [0.717, 1.165) is 35.0 Å². The summed E-state index contributed by atoms with van der Waals surface area (Å²) in [6, 6.07) is 11.9. The second-order valence-electron chi connectivity index (χ2n) is 6.33. The van der Waals surface area contributed by atoms with E-state index in [1.165, 1.54) is 24.9 Å². The molecule has 1 aromatic carbocycles. The Bertz CT molecular complexity index is 758. The van der Waals surface area contributed by atoms with Crippen molar-refractivity contribution in [3.05, 3.63) is 42.0 Å². The summed E-state index contributed by atoms with van der Waals surface area (Å²) in [7, 11) is 1.40. The third-order valence-corrected chi connectivity index (χ3v) is 5.82. The molecule has 25 heavy (non-hydrogen) atoms. The number of thiocarbonyl (C=S) groups is 1. The topological polar surface area (TPSA) is 41.6 Å². The first-order chi connectivity index (χ1) is 12.1. The molecule has 1 aromatic heterocycles. The zero-order valence-corrected chi connectivity index (χ0v) is 16.1. The minimum absolute atomic E-state index is 0.351. The van der Waals surface area contributed by atoms with Crippen molar-refractivity contribution in [3.63, 3.8) is 0 Å². The largest absolute Gasteiger partial charge is 0.465 e. The monoisotopic (exact) mass is 374 g/mol. The van der Waals surface area contributed by atoms with Crippen LogP contribution in [0.4, 0.5) is 5.00 Å². The van der Waals surface area contributed by atoms with E-state index >= 15 is 0 Å². The maximum absolute atomic E-state index is 12.2. The van der Waals surface area contributed by atoms with E-state index in [-0.39, 0.29) is 5.97 Å². The standard InChI is InChI=1S/C19H22N2O2S2/c1-13-7-6-10-21(12-13)19(24)20-17-15(18(22)23-2)11-16(25-17)14-8-4-3-5-9-14/h3-5,8-9,11,13H,6-7,10,12H2,1-2H3,(H,20,24)/t13-/m0/s1. The van der Waals surface area contributed by atoms with Crippen LogP contribution < -0.4 is 5.32 Å². The Balaban J connectivity index is 1.85. The number of ether oxygens (including phenoxy) is 1. The summed E-state index contributed by atoms with van der Waals surface area (Å²) >= 11 is 7.11. The van der Waals surface area contributed by atoms with Gasteiger partial charge < -0.3 is 15.0 Å². The van der Waals surface area contributed by atoms with Crippen LogP contribution in [0.2, 0.25) is 0 Å².